The quantitative estimate of drug-likeness (QED) is 0.554. The van der Waals surface area contributed by atoms with Crippen LogP contribution < -0.4 is 5.32 Å². The Morgan fingerprint density at radius 3 is 2.71 bits per heavy atom. The van der Waals surface area contributed by atoms with Crippen LogP contribution in [0.5, 0.6) is 0 Å². The summed E-state index contributed by atoms with van der Waals surface area (Å²) < 4.78 is 2.09. The summed E-state index contributed by atoms with van der Waals surface area (Å²) in [4.78, 5) is 0. The Morgan fingerprint density at radius 1 is 1.35 bits per heavy atom. The summed E-state index contributed by atoms with van der Waals surface area (Å²) >= 11 is 0. The number of hydrogen-bond acceptors (Lipinski definition) is 2. The van der Waals surface area contributed by atoms with Gasteiger partial charge in [-0.1, -0.05) is 27.4 Å². The highest BCUT2D eigenvalue weighted by Crippen LogP contribution is 2.08. The minimum absolute atomic E-state index is 0.833. The molecule has 1 rings (SSSR count). The summed E-state index contributed by atoms with van der Waals surface area (Å²) in [5.41, 5.74) is 3.67. The van der Waals surface area contributed by atoms with Gasteiger partial charge in [-0.3, -0.25) is 4.68 Å². The molecule has 0 saturated heterocycles. The largest absolute Gasteiger partial charge is 0.313 e. The lowest BCUT2D eigenvalue weighted by molar-refractivity contribution is 0.606. The second kappa shape index (κ2) is 7.28. The van der Waals surface area contributed by atoms with Gasteiger partial charge in [-0.05, 0) is 37.4 Å². The van der Waals surface area contributed by atoms with Crippen LogP contribution in [0.1, 0.15) is 38.6 Å². The molecule has 0 radical (unpaired) electrons. The topological polar surface area (TPSA) is 29.9 Å². The van der Waals surface area contributed by atoms with Gasteiger partial charge in [0, 0.05) is 12.2 Å². The van der Waals surface area contributed by atoms with Crippen molar-refractivity contribution >= 4 is 0 Å². The van der Waals surface area contributed by atoms with Gasteiger partial charge < -0.3 is 5.32 Å². The summed E-state index contributed by atoms with van der Waals surface area (Å²) in [7, 11) is 0. The second-order valence-electron chi connectivity index (χ2n) is 4.42. The normalized spacial score (nSPS) is 10.8. The van der Waals surface area contributed by atoms with Crippen molar-refractivity contribution in [1.82, 2.24) is 15.1 Å². The van der Waals surface area contributed by atoms with E-state index in [1.54, 1.807) is 0 Å². The molecule has 3 nitrogen and oxygen atoms in total. The molecule has 0 bridgehead atoms. The predicted octanol–water partition coefficient (Wildman–Crippen LogP) is 2.56. The van der Waals surface area contributed by atoms with E-state index in [1.165, 1.54) is 17.0 Å². The third-order valence-electron chi connectivity index (χ3n) is 2.81. The molecule has 0 spiro atoms. The van der Waals surface area contributed by atoms with E-state index in [9.17, 15) is 0 Å². The zero-order valence-corrected chi connectivity index (χ0v) is 11.4. The van der Waals surface area contributed by atoms with Gasteiger partial charge in [0.1, 0.15) is 0 Å². The van der Waals surface area contributed by atoms with Crippen LogP contribution in [0.3, 0.4) is 0 Å². The molecule has 0 atom stereocenters. The first-order valence-electron chi connectivity index (χ1n) is 6.64. The molecular weight excluding hydrogens is 210 g/mol. The van der Waals surface area contributed by atoms with Crippen LogP contribution in [0.25, 0.3) is 0 Å². The molecule has 0 fully saturated rings. The lowest BCUT2D eigenvalue weighted by Crippen LogP contribution is -2.20. The van der Waals surface area contributed by atoms with Gasteiger partial charge in [-0.25, -0.2) is 0 Å². The SMILES string of the molecule is C=C(CNCCC)Cn1nc(CC)cc1CC. The minimum Gasteiger partial charge on any atom is -0.313 e. The fourth-order valence-corrected chi connectivity index (χ4v) is 1.82. The molecule has 0 amide bonds. The summed E-state index contributed by atoms with van der Waals surface area (Å²) in [6.45, 7) is 13.4. The van der Waals surface area contributed by atoms with Crippen molar-refractivity contribution in [1.29, 1.82) is 0 Å². The van der Waals surface area contributed by atoms with Crippen LogP contribution in [0.4, 0.5) is 0 Å². The van der Waals surface area contributed by atoms with E-state index >= 15 is 0 Å². The molecule has 17 heavy (non-hydrogen) atoms. The summed E-state index contributed by atoms with van der Waals surface area (Å²) in [6, 6.07) is 2.20. The molecule has 96 valence electrons. The van der Waals surface area contributed by atoms with Crippen LogP contribution >= 0.6 is 0 Å². The first kappa shape index (κ1) is 14.0. The molecule has 0 saturated carbocycles. The Bertz CT molecular complexity index is 352. The Balaban J connectivity index is 2.54. The van der Waals surface area contributed by atoms with Gasteiger partial charge in [-0.2, -0.15) is 5.10 Å². The van der Waals surface area contributed by atoms with Crippen molar-refractivity contribution in [3.63, 3.8) is 0 Å². The van der Waals surface area contributed by atoms with Crippen molar-refractivity contribution < 1.29 is 0 Å². The van der Waals surface area contributed by atoms with Gasteiger partial charge in [0.2, 0.25) is 0 Å². The van der Waals surface area contributed by atoms with Gasteiger partial charge in [0.25, 0.3) is 0 Å². The summed E-state index contributed by atoms with van der Waals surface area (Å²) in [6.07, 6.45) is 3.19. The average molecular weight is 235 g/mol. The highest BCUT2D eigenvalue weighted by Gasteiger charge is 2.06. The number of rotatable bonds is 8. The third-order valence-corrected chi connectivity index (χ3v) is 2.81. The number of nitrogens with zero attached hydrogens (tertiary/aromatic N) is 2. The number of hydrogen-bond donors (Lipinski definition) is 1. The fraction of sp³-hybridized carbons (Fsp3) is 0.643. The van der Waals surface area contributed by atoms with Crippen LogP contribution in [0.15, 0.2) is 18.2 Å². The number of nitrogens with one attached hydrogen (secondary N) is 1. The fourth-order valence-electron chi connectivity index (χ4n) is 1.82. The highest BCUT2D eigenvalue weighted by atomic mass is 15.3. The second-order valence-corrected chi connectivity index (χ2v) is 4.42. The van der Waals surface area contributed by atoms with Crippen LogP contribution in [-0.4, -0.2) is 22.9 Å². The molecule has 1 aromatic rings. The maximum Gasteiger partial charge on any atom is 0.0632 e. The van der Waals surface area contributed by atoms with Gasteiger partial charge in [0.05, 0.1) is 12.2 Å². The van der Waals surface area contributed by atoms with E-state index in [1.807, 2.05) is 0 Å². The maximum absolute atomic E-state index is 4.60. The molecule has 1 aromatic heterocycles. The Hall–Kier alpha value is -1.09. The standard InChI is InChI=1S/C14H25N3/c1-5-8-15-10-12(4)11-17-14(7-3)9-13(6-2)16-17/h9,15H,4-8,10-11H2,1-3H3. The monoisotopic (exact) mass is 235 g/mol. The van der Waals surface area contributed by atoms with Gasteiger partial charge in [-0.15, -0.1) is 0 Å². The van der Waals surface area contributed by atoms with Crippen LogP contribution in [0, 0.1) is 0 Å². The van der Waals surface area contributed by atoms with E-state index in [4.69, 9.17) is 0 Å². The van der Waals surface area contributed by atoms with Crippen molar-refractivity contribution in [2.24, 2.45) is 0 Å². The zero-order chi connectivity index (χ0) is 12.7. The molecule has 1 N–H and O–H groups in total. The van der Waals surface area contributed by atoms with E-state index in [0.29, 0.717) is 0 Å². The maximum atomic E-state index is 4.60. The minimum atomic E-state index is 0.833. The van der Waals surface area contributed by atoms with Crippen molar-refractivity contribution in [3.05, 3.63) is 29.6 Å². The van der Waals surface area contributed by atoms with E-state index in [0.717, 1.165) is 38.9 Å². The molecule has 0 unspecified atom stereocenters. The summed E-state index contributed by atoms with van der Waals surface area (Å²) in [5, 5.41) is 7.97. The lowest BCUT2D eigenvalue weighted by atomic mass is 10.2. The zero-order valence-electron chi connectivity index (χ0n) is 11.4. The first-order valence-corrected chi connectivity index (χ1v) is 6.64. The smallest absolute Gasteiger partial charge is 0.0632 e. The van der Waals surface area contributed by atoms with Gasteiger partial charge in [0.15, 0.2) is 0 Å². The van der Waals surface area contributed by atoms with Gasteiger partial charge >= 0.3 is 0 Å². The Morgan fingerprint density at radius 2 is 2.12 bits per heavy atom. The van der Waals surface area contributed by atoms with Crippen LogP contribution in [-0.2, 0) is 19.4 Å². The van der Waals surface area contributed by atoms with Crippen molar-refractivity contribution in [2.75, 3.05) is 13.1 Å². The third kappa shape index (κ3) is 4.35. The predicted molar refractivity (Wildman–Crippen MR) is 73.3 cm³/mol. The molecule has 1 heterocycles. The van der Waals surface area contributed by atoms with E-state index < -0.39 is 0 Å². The molecule has 0 aliphatic heterocycles. The molecule has 0 aliphatic carbocycles. The Labute approximate surface area is 105 Å². The molecular formula is C14H25N3. The van der Waals surface area contributed by atoms with Crippen LogP contribution in [0.2, 0.25) is 0 Å². The van der Waals surface area contributed by atoms with Crippen molar-refractivity contribution in [2.45, 2.75) is 46.6 Å². The highest BCUT2D eigenvalue weighted by molar-refractivity contribution is 5.12. The molecule has 0 aromatic carbocycles. The first-order chi connectivity index (χ1) is 8.21. The lowest BCUT2D eigenvalue weighted by Gasteiger charge is -2.09. The number of aryl methyl sites for hydroxylation is 2. The van der Waals surface area contributed by atoms with E-state index in [-0.39, 0.29) is 0 Å². The molecule has 3 heteroatoms. The summed E-state index contributed by atoms with van der Waals surface area (Å²) in [5.74, 6) is 0. The average Bonchev–Trinajstić information content (AvgIpc) is 2.71. The van der Waals surface area contributed by atoms with Crippen molar-refractivity contribution in [3.8, 4) is 0 Å². The number of aromatic nitrogens is 2. The Kier molecular flexibility index (Phi) is 5.98. The van der Waals surface area contributed by atoms with E-state index in [2.05, 4.69) is 48.5 Å². The molecule has 0 aliphatic rings.